The maximum Gasteiger partial charge on any atom is 0.359 e. The van der Waals surface area contributed by atoms with E-state index in [-0.39, 0.29) is 11.7 Å². The molecule has 22 heavy (non-hydrogen) atoms. The Hall–Kier alpha value is -2.01. The molecule has 0 unspecified atom stereocenters. The molecule has 0 amide bonds. The first-order valence-electron chi connectivity index (χ1n) is 7.13. The largest absolute Gasteiger partial charge is 0.461 e. The van der Waals surface area contributed by atoms with Gasteiger partial charge in [-0.25, -0.2) is 9.48 Å². The number of nitrogens with zero attached hydrogens (tertiary/aromatic N) is 2. The first-order valence-corrected chi connectivity index (χ1v) is 7.51. The molecule has 0 radical (unpaired) electrons. The summed E-state index contributed by atoms with van der Waals surface area (Å²) in [6, 6.07) is 7.12. The van der Waals surface area contributed by atoms with Crippen LogP contribution in [0.3, 0.4) is 0 Å². The smallest absolute Gasteiger partial charge is 0.359 e. The number of esters is 1. The van der Waals surface area contributed by atoms with Crippen LogP contribution >= 0.6 is 11.6 Å². The fourth-order valence-electron chi connectivity index (χ4n) is 2.01. The van der Waals surface area contributed by atoms with Gasteiger partial charge in [-0.2, -0.15) is 5.10 Å². The van der Waals surface area contributed by atoms with Gasteiger partial charge in [0.1, 0.15) is 5.75 Å². The standard InChI is InChI=1S/C16H19ClN2O3/c1-5-21-16(20)14-11(4)15(19(18-14)10(2)3)22-13-8-6-7-12(17)9-13/h6-10H,5H2,1-4H3. The van der Waals surface area contributed by atoms with Crippen LogP contribution in [0.25, 0.3) is 0 Å². The maximum absolute atomic E-state index is 12.0. The molecule has 0 saturated heterocycles. The Bertz CT molecular complexity index is 680. The highest BCUT2D eigenvalue weighted by molar-refractivity contribution is 6.30. The minimum Gasteiger partial charge on any atom is -0.461 e. The van der Waals surface area contributed by atoms with Crippen LogP contribution < -0.4 is 4.74 Å². The lowest BCUT2D eigenvalue weighted by Gasteiger charge is -2.12. The molecule has 0 aliphatic carbocycles. The van der Waals surface area contributed by atoms with Crippen LogP contribution in [0.4, 0.5) is 0 Å². The Balaban J connectivity index is 2.42. The summed E-state index contributed by atoms with van der Waals surface area (Å²) in [6.07, 6.45) is 0. The quantitative estimate of drug-likeness (QED) is 0.766. The predicted octanol–water partition coefficient (Wildman–Crippen LogP) is 4.39. The summed E-state index contributed by atoms with van der Waals surface area (Å²) >= 11 is 5.97. The molecule has 1 heterocycles. The first-order chi connectivity index (χ1) is 10.4. The topological polar surface area (TPSA) is 53.3 Å². The lowest BCUT2D eigenvalue weighted by atomic mass is 10.2. The van der Waals surface area contributed by atoms with E-state index in [0.717, 1.165) is 0 Å². The second kappa shape index (κ2) is 6.83. The SMILES string of the molecule is CCOC(=O)c1nn(C(C)C)c(Oc2cccc(Cl)c2)c1C. The fourth-order valence-corrected chi connectivity index (χ4v) is 2.19. The van der Waals surface area contributed by atoms with Gasteiger partial charge in [0.2, 0.25) is 5.88 Å². The predicted molar refractivity (Wildman–Crippen MR) is 84.8 cm³/mol. The fraction of sp³-hybridized carbons (Fsp3) is 0.375. The molecule has 0 atom stereocenters. The highest BCUT2D eigenvalue weighted by Gasteiger charge is 2.23. The van der Waals surface area contributed by atoms with Gasteiger partial charge in [-0.15, -0.1) is 0 Å². The molecule has 1 aromatic carbocycles. The highest BCUT2D eigenvalue weighted by atomic mass is 35.5. The average Bonchev–Trinajstić information content (AvgIpc) is 2.77. The van der Waals surface area contributed by atoms with Gasteiger partial charge in [0, 0.05) is 10.6 Å². The number of benzene rings is 1. The zero-order valence-electron chi connectivity index (χ0n) is 13.1. The number of carbonyl (C=O) groups is 1. The molecule has 0 saturated carbocycles. The van der Waals surface area contributed by atoms with Gasteiger partial charge in [-0.1, -0.05) is 17.7 Å². The Kier molecular flexibility index (Phi) is 5.08. The second-order valence-corrected chi connectivity index (χ2v) is 5.53. The molecule has 0 fully saturated rings. The van der Waals surface area contributed by atoms with Crippen molar-refractivity contribution in [1.29, 1.82) is 0 Å². The summed E-state index contributed by atoms with van der Waals surface area (Å²) in [5.74, 6) is 0.656. The van der Waals surface area contributed by atoms with Gasteiger partial charge < -0.3 is 9.47 Å². The minimum absolute atomic E-state index is 0.0380. The van der Waals surface area contributed by atoms with E-state index in [1.54, 1.807) is 42.8 Å². The lowest BCUT2D eigenvalue weighted by molar-refractivity contribution is 0.0517. The number of aromatic nitrogens is 2. The summed E-state index contributed by atoms with van der Waals surface area (Å²) in [6.45, 7) is 7.78. The first kappa shape index (κ1) is 16.4. The third kappa shape index (κ3) is 3.42. The monoisotopic (exact) mass is 322 g/mol. The van der Waals surface area contributed by atoms with Crippen molar-refractivity contribution < 1.29 is 14.3 Å². The van der Waals surface area contributed by atoms with Gasteiger partial charge >= 0.3 is 5.97 Å². The molecule has 1 aromatic heterocycles. The van der Waals surface area contributed by atoms with Crippen LogP contribution in [-0.4, -0.2) is 22.4 Å². The van der Waals surface area contributed by atoms with Gasteiger partial charge in [0.25, 0.3) is 0 Å². The summed E-state index contributed by atoms with van der Waals surface area (Å²) in [7, 11) is 0. The zero-order chi connectivity index (χ0) is 16.3. The normalized spacial score (nSPS) is 10.8. The van der Waals surface area contributed by atoms with Crippen molar-refractivity contribution in [3.63, 3.8) is 0 Å². The second-order valence-electron chi connectivity index (χ2n) is 5.10. The van der Waals surface area contributed by atoms with Crippen LogP contribution in [0.5, 0.6) is 11.6 Å². The molecule has 2 aromatic rings. The van der Waals surface area contributed by atoms with Crippen LogP contribution in [0, 0.1) is 6.92 Å². The molecule has 0 spiro atoms. The molecule has 2 rings (SSSR count). The van der Waals surface area contributed by atoms with Gasteiger partial charge in [0.05, 0.1) is 12.6 Å². The summed E-state index contributed by atoms with van der Waals surface area (Å²) in [4.78, 5) is 12.0. The van der Waals surface area contributed by atoms with Gasteiger partial charge in [0.15, 0.2) is 5.69 Å². The van der Waals surface area contributed by atoms with Crippen LogP contribution in [0.15, 0.2) is 24.3 Å². The van der Waals surface area contributed by atoms with Crippen molar-refractivity contribution in [2.24, 2.45) is 0 Å². The van der Waals surface area contributed by atoms with E-state index in [0.29, 0.717) is 28.8 Å². The highest BCUT2D eigenvalue weighted by Crippen LogP contribution is 2.31. The number of hydrogen-bond acceptors (Lipinski definition) is 4. The molecular weight excluding hydrogens is 304 g/mol. The molecule has 0 bridgehead atoms. The Morgan fingerprint density at radius 3 is 2.73 bits per heavy atom. The van der Waals surface area contributed by atoms with E-state index in [1.165, 1.54) is 0 Å². The van der Waals surface area contributed by atoms with Crippen molar-refractivity contribution >= 4 is 17.6 Å². The molecule has 6 heteroatoms. The minimum atomic E-state index is -0.449. The van der Waals surface area contributed by atoms with Crippen molar-refractivity contribution in [2.75, 3.05) is 6.61 Å². The van der Waals surface area contributed by atoms with Crippen molar-refractivity contribution in [3.05, 3.63) is 40.5 Å². The molecule has 5 nitrogen and oxygen atoms in total. The molecule has 118 valence electrons. The molecular formula is C16H19ClN2O3. The lowest BCUT2D eigenvalue weighted by Crippen LogP contribution is -2.09. The molecule has 0 N–H and O–H groups in total. The van der Waals surface area contributed by atoms with E-state index in [4.69, 9.17) is 21.1 Å². The van der Waals surface area contributed by atoms with E-state index in [9.17, 15) is 4.79 Å². The van der Waals surface area contributed by atoms with Crippen LogP contribution in [-0.2, 0) is 4.74 Å². The van der Waals surface area contributed by atoms with Crippen molar-refractivity contribution in [3.8, 4) is 11.6 Å². The number of halogens is 1. The van der Waals surface area contributed by atoms with Crippen LogP contribution in [0.1, 0.15) is 42.9 Å². The summed E-state index contributed by atoms with van der Waals surface area (Å²) in [5, 5.41) is 4.91. The van der Waals surface area contributed by atoms with Gasteiger partial charge in [-0.3, -0.25) is 0 Å². The number of hydrogen-bond donors (Lipinski definition) is 0. The third-order valence-corrected chi connectivity index (χ3v) is 3.30. The van der Waals surface area contributed by atoms with E-state index in [2.05, 4.69) is 5.10 Å². The third-order valence-electron chi connectivity index (χ3n) is 3.06. The van der Waals surface area contributed by atoms with E-state index >= 15 is 0 Å². The Morgan fingerprint density at radius 2 is 2.14 bits per heavy atom. The van der Waals surface area contributed by atoms with E-state index in [1.807, 2.05) is 13.8 Å². The maximum atomic E-state index is 12.0. The number of carbonyl (C=O) groups excluding carboxylic acids is 1. The Morgan fingerprint density at radius 1 is 1.41 bits per heavy atom. The zero-order valence-corrected chi connectivity index (χ0v) is 13.8. The number of rotatable bonds is 5. The summed E-state index contributed by atoms with van der Waals surface area (Å²) in [5.41, 5.74) is 0.916. The molecule has 0 aliphatic heterocycles. The van der Waals surface area contributed by atoms with E-state index < -0.39 is 5.97 Å². The summed E-state index contributed by atoms with van der Waals surface area (Å²) < 4.78 is 12.6. The number of ether oxygens (including phenoxy) is 2. The molecule has 0 aliphatic rings. The Labute approximate surface area is 134 Å². The average molecular weight is 323 g/mol. The van der Waals surface area contributed by atoms with Crippen LogP contribution in [0.2, 0.25) is 5.02 Å². The van der Waals surface area contributed by atoms with Gasteiger partial charge in [-0.05, 0) is 45.9 Å². The van der Waals surface area contributed by atoms with Crippen molar-refractivity contribution in [1.82, 2.24) is 9.78 Å². The van der Waals surface area contributed by atoms with Crippen molar-refractivity contribution in [2.45, 2.75) is 33.7 Å².